The molecule has 24 heavy (non-hydrogen) atoms. The summed E-state index contributed by atoms with van der Waals surface area (Å²) in [5.74, 6) is 0.631. The molecule has 0 aliphatic carbocycles. The highest BCUT2D eigenvalue weighted by molar-refractivity contribution is 9.10. The number of ether oxygens (including phenoxy) is 1. The molecular weight excluding hydrogens is 388 g/mol. The van der Waals surface area contributed by atoms with Crippen molar-refractivity contribution in [3.05, 3.63) is 51.1 Å². The Bertz CT molecular complexity index is 640. The monoisotopic (exact) mass is 409 g/mol. The van der Waals surface area contributed by atoms with Gasteiger partial charge in [0.15, 0.2) is 6.61 Å². The van der Waals surface area contributed by atoms with E-state index in [1.165, 1.54) is 30.8 Å². The van der Waals surface area contributed by atoms with Crippen LogP contribution in [0.2, 0.25) is 0 Å². The number of carbonyl (C=O) groups is 1. The van der Waals surface area contributed by atoms with Crippen molar-refractivity contribution in [2.24, 2.45) is 0 Å². The smallest absolute Gasteiger partial charge is 0.258 e. The molecule has 2 N–H and O–H groups in total. The summed E-state index contributed by atoms with van der Waals surface area (Å²) in [7, 11) is 0. The third kappa shape index (κ3) is 4.82. The van der Waals surface area contributed by atoms with Gasteiger partial charge in [-0.15, -0.1) is 11.3 Å². The fourth-order valence-corrected chi connectivity index (χ4v) is 4.21. The molecular formula is C18H22BrN2O2S+. The lowest BCUT2D eigenvalue weighted by molar-refractivity contribution is -0.918. The van der Waals surface area contributed by atoms with Gasteiger partial charge in [-0.25, -0.2) is 0 Å². The molecule has 0 spiro atoms. The average molecular weight is 410 g/mol. The number of hydrogen-bond donors (Lipinski definition) is 2. The zero-order chi connectivity index (χ0) is 16.8. The Balaban J connectivity index is 1.50. The Hall–Kier alpha value is -1.37. The van der Waals surface area contributed by atoms with Crippen molar-refractivity contribution in [3.63, 3.8) is 0 Å². The first-order valence-corrected chi connectivity index (χ1v) is 9.92. The minimum Gasteiger partial charge on any atom is -0.484 e. The van der Waals surface area contributed by atoms with Crippen LogP contribution in [0.25, 0.3) is 0 Å². The van der Waals surface area contributed by atoms with Gasteiger partial charge in [-0.3, -0.25) is 4.79 Å². The highest BCUT2D eigenvalue weighted by atomic mass is 79.9. The van der Waals surface area contributed by atoms with Gasteiger partial charge in [-0.1, -0.05) is 22.0 Å². The molecule has 1 amide bonds. The van der Waals surface area contributed by atoms with Crippen LogP contribution in [-0.4, -0.2) is 32.1 Å². The molecule has 1 aliphatic heterocycles. The normalized spacial score (nSPS) is 16.0. The number of nitrogens with one attached hydrogen (secondary N) is 2. The van der Waals surface area contributed by atoms with Gasteiger partial charge < -0.3 is 15.0 Å². The second kappa shape index (κ2) is 8.65. The molecule has 0 bridgehead atoms. The van der Waals surface area contributed by atoms with E-state index < -0.39 is 0 Å². The number of likely N-dealkylation sites (tertiary alicyclic amines) is 1. The first kappa shape index (κ1) is 17.5. The molecule has 4 nitrogen and oxygen atoms in total. The topological polar surface area (TPSA) is 42.8 Å². The first-order valence-electron chi connectivity index (χ1n) is 8.25. The first-order chi connectivity index (χ1) is 11.7. The summed E-state index contributed by atoms with van der Waals surface area (Å²) in [6.07, 6.45) is 2.55. The molecule has 0 saturated carbocycles. The second-order valence-electron chi connectivity index (χ2n) is 5.98. The van der Waals surface area contributed by atoms with Crippen LogP contribution in [0, 0.1) is 0 Å². The molecule has 2 aromatic rings. The Morgan fingerprint density at radius 3 is 2.67 bits per heavy atom. The van der Waals surface area contributed by atoms with E-state index in [1.54, 1.807) is 16.2 Å². The third-order valence-electron chi connectivity index (χ3n) is 4.31. The van der Waals surface area contributed by atoms with Crippen molar-refractivity contribution in [1.29, 1.82) is 0 Å². The summed E-state index contributed by atoms with van der Waals surface area (Å²) in [5.41, 5.74) is 0. The van der Waals surface area contributed by atoms with E-state index in [4.69, 9.17) is 4.74 Å². The van der Waals surface area contributed by atoms with E-state index >= 15 is 0 Å². The molecule has 1 saturated heterocycles. The number of quaternary nitrogens is 1. The van der Waals surface area contributed by atoms with Gasteiger partial charge in [0.05, 0.1) is 24.5 Å². The molecule has 0 unspecified atom stereocenters. The van der Waals surface area contributed by atoms with Crippen LogP contribution in [0.15, 0.2) is 46.3 Å². The van der Waals surface area contributed by atoms with E-state index in [9.17, 15) is 4.79 Å². The fraction of sp³-hybridized carbons (Fsp3) is 0.389. The van der Waals surface area contributed by atoms with Crippen molar-refractivity contribution >= 4 is 33.2 Å². The van der Waals surface area contributed by atoms with E-state index in [1.807, 2.05) is 24.3 Å². The number of thiophene rings is 1. The number of carbonyl (C=O) groups excluding carboxylic acids is 1. The Labute approximate surface area is 154 Å². The van der Waals surface area contributed by atoms with Crippen molar-refractivity contribution in [2.75, 3.05) is 26.2 Å². The lowest BCUT2D eigenvalue weighted by atomic mass is 10.2. The van der Waals surface area contributed by atoms with Crippen LogP contribution < -0.4 is 15.0 Å². The lowest BCUT2D eigenvalue weighted by Gasteiger charge is -2.24. The average Bonchev–Trinajstić information content (AvgIpc) is 3.29. The SMILES string of the molecule is O=C(COc1ccc(Br)cc1)NC[C@@H](c1cccs1)[NH+]1CCCC1. The molecule has 0 radical (unpaired) electrons. The van der Waals surface area contributed by atoms with Crippen molar-refractivity contribution in [2.45, 2.75) is 18.9 Å². The molecule has 1 aromatic carbocycles. The molecule has 128 valence electrons. The number of rotatable bonds is 7. The van der Waals surface area contributed by atoms with E-state index in [2.05, 4.69) is 38.8 Å². The predicted molar refractivity (Wildman–Crippen MR) is 99.6 cm³/mol. The van der Waals surface area contributed by atoms with Crippen LogP contribution in [0.1, 0.15) is 23.8 Å². The maximum absolute atomic E-state index is 12.1. The number of hydrogen-bond acceptors (Lipinski definition) is 3. The highest BCUT2D eigenvalue weighted by Crippen LogP contribution is 2.17. The molecule has 3 rings (SSSR count). The van der Waals surface area contributed by atoms with Crippen LogP contribution in [0.4, 0.5) is 0 Å². The molecule has 2 heterocycles. The summed E-state index contributed by atoms with van der Waals surface area (Å²) >= 11 is 5.15. The lowest BCUT2D eigenvalue weighted by Crippen LogP contribution is -3.11. The Kier molecular flexibility index (Phi) is 6.29. The van der Waals surface area contributed by atoms with Gasteiger partial charge in [0.1, 0.15) is 11.8 Å². The van der Waals surface area contributed by atoms with Crippen molar-refractivity contribution < 1.29 is 14.4 Å². The summed E-state index contributed by atoms with van der Waals surface area (Å²) in [4.78, 5) is 15.0. The fourth-order valence-electron chi connectivity index (χ4n) is 3.06. The quantitative estimate of drug-likeness (QED) is 0.737. The molecule has 1 aliphatic rings. The van der Waals surface area contributed by atoms with Crippen LogP contribution in [-0.2, 0) is 4.79 Å². The summed E-state index contributed by atoms with van der Waals surface area (Å²) in [5, 5.41) is 5.15. The van der Waals surface area contributed by atoms with Crippen LogP contribution >= 0.6 is 27.3 Å². The number of benzene rings is 1. The molecule has 1 fully saturated rings. The maximum atomic E-state index is 12.1. The maximum Gasteiger partial charge on any atom is 0.258 e. The van der Waals surface area contributed by atoms with Gasteiger partial charge in [0.25, 0.3) is 5.91 Å². The number of amides is 1. The van der Waals surface area contributed by atoms with E-state index in [0.717, 1.165) is 4.47 Å². The van der Waals surface area contributed by atoms with Gasteiger partial charge >= 0.3 is 0 Å². The van der Waals surface area contributed by atoms with Crippen LogP contribution in [0.5, 0.6) is 5.75 Å². The molecule has 6 heteroatoms. The zero-order valence-electron chi connectivity index (χ0n) is 13.5. The van der Waals surface area contributed by atoms with Gasteiger partial charge in [0.2, 0.25) is 0 Å². The standard InChI is InChI=1S/C18H21BrN2O2S/c19-14-5-7-15(8-6-14)23-13-18(22)20-12-16(17-4-3-11-24-17)21-9-1-2-10-21/h3-8,11,16H,1-2,9-10,12-13H2,(H,20,22)/p+1/t16-/m0/s1. The van der Waals surface area contributed by atoms with Crippen molar-refractivity contribution in [1.82, 2.24) is 5.32 Å². The summed E-state index contributed by atoms with van der Waals surface area (Å²) < 4.78 is 6.53. The zero-order valence-corrected chi connectivity index (χ0v) is 15.9. The van der Waals surface area contributed by atoms with E-state index in [0.29, 0.717) is 18.3 Å². The Morgan fingerprint density at radius 1 is 1.25 bits per heavy atom. The molecule has 1 aromatic heterocycles. The molecule has 1 atom stereocenters. The second-order valence-corrected chi connectivity index (χ2v) is 7.87. The third-order valence-corrected chi connectivity index (χ3v) is 5.83. The highest BCUT2D eigenvalue weighted by Gasteiger charge is 2.28. The van der Waals surface area contributed by atoms with Gasteiger partial charge in [-0.05, 0) is 35.7 Å². The van der Waals surface area contributed by atoms with Gasteiger partial charge in [0, 0.05) is 17.3 Å². The largest absolute Gasteiger partial charge is 0.484 e. The van der Waals surface area contributed by atoms with E-state index in [-0.39, 0.29) is 12.5 Å². The summed E-state index contributed by atoms with van der Waals surface area (Å²) in [6, 6.07) is 12.1. The number of halogens is 1. The van der Waals surface area contributed by atoms with Gasteiger partial charge in [-0.2, -0.15) is 0 Å². The van der Waals surface area contributed by atoms with Crippen LogP contribution in [0.3, 0.4) is 0 Å². The Morgan fingerprint density at radius 2 is 2.00 bits per heavy atom. The minimum absolute atomic E-state index is 0.0497. The minimum atomic E-state index is -0.0712. The summed E-state index contributed by atoms with van der Waals surface area (Å²) in [6.45, 7) is 3.09. The predicted octanol–water partition coefficient (Wildman–Crippen LogP) is 2.43. The van der Waals surface area contributed by atoms with Crippen molar-refractivity contribution in [3.8, 4) is 5.75 Å².